The number of allylic oxidation sites excluding steroid dienone is 1. The van der Waals surface area contributed by atoms with E-state index in [1.807, 2.05) is 12.2 Å². The molecule has 3 amide bonds. The quantitative estimate of drug-likeness (QED) is 0.242. The van der Waals surface area contributed by atoms with Gasteiger partial charge in [0.05, 0.1) is 33.4 Å². The van der Waals surface area contributed by atoms with Crippen molar-refractivity contribution in [2.45, 2.75) is 100 Å². The Kier molecular flexibility index (Phi) is 11.0. The number of benzene rings is 1. The summed E-state index contributed by atoms with van der Waals surface area (Å²) >= 11 is 0. The molecule has 14 heteroatoms. The lowest BCUT2D eigenvalue weighted by atomic mass is 10.0. The van der Waals surface area contributed by atoms with Crippen molar-refractivity contribution in [3.05, 3.63) is 42.1 Å². The predicted molar refractivity (Wildman–Crippen MR) is 183 cm³/mol. The Bertz CT molecular complexity index is 1690. The van der Waals surface area contributed by atoms with Crippen molar-refractivity contribution in [1.29, 1.82) is 0 Å². The lowest BCUT2D eigenvalue weighted by Gasteiger charge is -2.29. The highest BCUT2D eigenvalue weighted by Gasteiger charge is 2.62. The lowest BCUT2D eigenvalue weighted by Crippen LogP contribution is -2.56. The van der Waals surface area contributed by atoms with Crippen molar-refractivity contribution in [2.75, 3.05) is 27.9 Å². The molecule has 1 aromatic heterocycles. The number of aromatic nitrogens is 1. The summed E-state index contributed by atoms with van der Waals surface area (Å²) in [5.74, 6) is -1.62. The molecule has 2 aliphatic heterocycles. The summed E-state index contributed by atoms with van der Waals surface area (Å²) in [5.41, 5.74) is -0.811. The van der Waals surface area contributed by atoms with Gasteiger partial charge in [-0.3, -0.25) is 9.59 Å². The molecule has 51 heavy (non-hydrogen) atoms. The van der Waals surface area contributed by atoms with E-state index >= 15 is 0 Å². The van der Waals surface area contributed by atoms with E-state index in [1.165, 1.54) is 32.3 Å². The molecule has 5 atom stereocenters. The van der Waals surface area contributed by atoms with Gasteiger partial charge >= 0.3 is 18.0 Å². The number of alkyl carbamates (subject to hydrolysis) is 1. The number of pyridine rings is 1. The molecule has 1 aromatic carbocycles. The number of amides is 3. The molecule has 2 N–H and O–H groups in total. The van der Waals surface area contributed by atoms with Crippen LogP contribution in [0.15, 0.2) is 36.4 Å². The third kappa shape index (κ3) is 7.89. The first kappa shape index (κ1) is 35.9. The number of carbonyl (C=O) groups excluding carboxylic acids is 5. The lowest BCUT2D eigenvalue weighted by molar-refractivity contribution is -0.148. The molecule has 2 aliphatic carbocycles. The van der Waals surface area contributed by atoms with Crippen LogP contribution >= 0.6 is 0 Å². The SMILES string of the molecule is COC(=O)c1cc(OC2C[C@H]3C(=O)N[C@]4(C(=O)OC)C[C@@H]4/C=C\CCCCC[C@H](NC(=O)OC4CCCC4)C(=O)N3C2)c2ccc(OC)cc2n1. The second-order valence-electron chi connectivity index (χ2n) is 13.7. The molecule has 6 rings (SSSR count). The summed E-state index contributed by atoms with van der Waals surface area (Å²) < 4.78 is 27.5. The summed E-state index contributed by atoms with van der Waals surface area (Å²) in [4.78, 5) is 73.1. The molecule has 274 valence electrons. The average Bonchev–Trinajstić information content (AvgIpc) is 3.41. The van der Waals surface area contributed by atoms with Crippen LogP contribution in [0.25, 0.3) is 10.9 Å². The summed E-state index contributed by atoms with van der Waals surface area (Å²) in [5, 5.41) is 6.32. The van der Waals surface area contributed by atoms with E-state index in [-0.39, 0.29) is 30.7 Å². The number of fused-ring (bicyclic) bond motifs is 3. The summed E-state index contributed by atoms with van der Waals surface area (Å²) in [6.07, 6.45) is 9.85. The minimum Gasteiger partial charge on any atom is -0.497 e. The van der Waals surface area contributed by atoms with Crippen LogP contribution in [-0.2, 0) is 28.6 Å². The molecule has 0 bridgehead atoms. The molecule has 4 aliphatic rings. The second-order valence-corrected chi connectivity index (χ2v) is 13.7. The zero-order valence-corrected chi connectivity index (χ0v) is 29.3. The molecular weight excluding hydrogens is 660 g/mol. The zero-order valence-electron chi connectivity index (χ0n) is 29.3. The van der Waals surface area contributed by atoms with Crippen LogP contribution in [0, 0.1) is 5.92 Å². The Morgan fingerprint density at radius 3 is 2.49 bits per heavy atom. The molecule has 14 nitrogen and oxygen atoms in total. The third-order valence-electron chi connectivity index (χ3n) is 10.3. The van der Waals surface area contributed by atoms with Crippen LogP contribution < -0.4 is 20.1 Å². The van der Waals surface area contributed by atoms with E-state index in [0.717, 1.165) is 44.9 Å². The normalized spacial score (nSPS) is 27.5. The van der Waals surface area contributed by atoms with Crippen molar-refractivity contribution in [3.8, 4) is 11.5 Å². The Balaban J connectivity index is 1.32. The average molecular weight is 707 g/mol. The molecule has 0 radical (unpaired) electrons. The Morgan fingerprint density at radius 2 is 1.75 bits per heavy atom. The minimum atomic E-state index is -1.24. The number of rotatable bonds is 7. The monoisotopic (exact) mass is 706 g/mol. The maximum Gasteiger partial charge on any atom is 0.408 e. The van der Waals surface area contributed by atoms with Gasteiger partial charge in [-0.25, -0.2) is 19.4 Å². The van der Waals surface area contributed by atoms with Crippen molar-refractivity contribution in [3.63, 3.8) is 0 Å². The van der Waals surface area contributed by atoms with Crippen LogP contribution in [-0.4, -0.2) is 97.4 Å². The summed E-state index contributed by atoms with van der Waals surface area (Å²) in [6, 6.07) is 4.63. The number of methoxy groups -OCH3 is 3. The number of nitrogens with one attached hydrogen (secondary N) is 2. The second kappa shape index (κ2) is 15.6. The molecule has 1 saturated heterocycles. The van der Waals surface area contributed by atoms with E-state index < -0.39 is 53.6 Å². The molecular formula is C37H46N4O10. The number of esters is 2. The topological polar surface area (TPSA) is 172 Å². The van der Waals surface area contributed by atoms with E-state index in [4.69, 9.17) is 23.7 Å². The van der Waals surface area contributed by atoms with E-state index in [1.54, 1.807) is 18.2 Å². The predicted octanol–water partition coefficient (Wildman–Crippen LogP) is 3.98. The van der Waals surface area contributed by atoms with Gasteiger partial charge in [-0.15, -0.1) is 0 Å². The number of carbonyl (C=O) groups is 5. The first-order chi connectivity index (χ1) is 24.6. The third-order valence-corrected chi connectivity index (χ3v) is 10.3. The number of hydrogen-bond donors (Lipinski definition) is 2. The molecule has 2 saturated carbocycles. The van der Waals surface area contributed by atoms with Gasteiger partial charge < -0.3 is 39.2 Å². The van der Waals surface area contributed by atoms with Crippen molar-refractivity contribution >= 4 is 40.7 Å². The number of nitrogens with zero attached hydrogens (tertiary/aromatic N) is 2. The fourth-order valence-corrected chi connectivity index (χ4v) is 7.44. The minimum absolute atomic E-state index is 0.00510. The first-order valence-electron chi connectivity index (χ1n) is 17.7. The van der Waals surface area contributed by atoms with Crippen LogP contribution in [0.2, 0.25) is 0 Å². The number of ether oxygens (including phenoxy) is 5. The maximum atomic E-state index is 14.4. The van der Waals surface area contributed by atoms with Crippen LogP contribution in [0.5, 0.6) is 11.5 Å². The van der Waals surface area contributed by atoms with Gasteiger partial charge in [0.15, 0.2) is 5.69 Å². The van der Waals surface area contributed by atoms with Crippen molar-refractivity contribution in [1.82, 2.24) is 20.5 Å². The largest absolute Gasteiger partial charge is 0.497 e. The summed E-state index contributed by atoms with van der Waals surface area (Å²) in [6.45, 7) is -0.00510. The van der Waals surface area contributed by atoms with E-state index in [2.05, 4.69) is 15.6 Å². The standard InChI is InChI=1S/C37H46N4O10/c1-47-24-15-16-26-28(17-24)38-29(34(44)48-2)19-31(26)50-25-18-30-32(42)40-37(35(45)49-3)20-22(37)11-7-5-4-6-8-14-27(33(43)41(30)21-25)39-36(46)51-23-12-9-10-13-23/h7,11,15-17,19,22-23,25,27,30H,4-6,8-10,12-14,18,20-21H2,1-3H3,(H,39,46)(H,40,42)/b11-7-/t22-,25?,27-,30-,37+/m0/s1. The van der Waals surface area contributed by atoms with Gasteiger partial charge in [0, 0.05) is 29.9 Å². The Labute approximate surface area is 296 Å². The molecule has 3 fully saturated rings. The highest BCUT2D eigenvalue weighted by Crippen LogP contribution is 2.46. The van der Waals surface area contributed by atoms with E-state index in [0.29, 0.717) is 41.7 Å². The smallest absolute Gasteiger partial charge is 0.408 e. The van der Waals surface area contributed by atoms with Gasteiger partial charge in [0.2, 0.25) is 11.8 Å². The zero-order chi connectivity index (χ0) is 36.1. The van der Waals surface area contributed by atoms with Gasteiger partial charge in [-0.05, 0) is 63.5 Å². The maximum absolute atomic E-state index is 14.4. The highest BCUT2D eigenvalue weighted by atomic mass is 16.6. The van der Waals surface area contributed by atoms with Crippen LogP contribution in [0.4, 0.5) is 4.79 Å². The Hall–Kier alpha value is -4.88. The molecule has 0 spiro atoms. The van der Waals surface area contributed by atoms with Crippen molar-refractivity contribution < 1.29 is 47.7 Å². The highest BCUT2D eigenvalue weighted by molar-refractivity contribution is 5.97. The molecule has 2 aromatic rings. The van der Waals surface area contributed by atoms with Gasteiger partial charge in [0.1, 0.15) is 41.3 Å². The fourth-order valence-electron chi connectivity index (χ4n) is 7.44. The molecule has 1 unspecified atom stereocenters. The fraction of sp³-hybridized carbons (Fsp3) is 0.568. The summed E-state index contributed by atoms with van der Waals surface area (Å²) in [7, 11) is 4.05. The number of hydrogen-bond acceptors (Lipinski definition) is 11. The van der Waals surface area contributed by atoms with Gasteiger partial charge in [-0.1, -0.05) is 25.0 Å². The van der Waals surface area contributed by atoms with E-state index in [9.17, 15) is 24.0 Å². The van der Waals surface area contributed by atoms with Crippen LogP contribution in [0.3, 0.4) is 0 Å². The Morgan fingerprint density at radius 1 is 0.961 bits per heavy atom. The van der Waals surface area contributed by atoms with Gasteiger partial charge in [0.25, 0.3) is 0 Å². The molecule has 3 heterocycles. The van der Waals surface area contributed by atoms with Crippen LogP contribution in [0.1, 0.15) is 81.1 Å². The van der Waals surface area contributed by atoms with Crippen molar-refractivity contribution in [2.24, 2.45) is 5.92 Å². The van der Waals surface area contributed by atoms with Gasteiger partial charge in [-0.2, -0.15) is 0 Å². The first-order valence-corrected chi connectivity index (χ1v) is 17.7.